The van der Waals surface area contributed by atoms with Crippen LogP contribution in [0.15, 0.2) is 11.0 Å². The molecule has 19 heavy (non-hydrogen) atoms. The van der Waals surface area contributed by atoms with Crippen molar-refractivity contribution in [3.63, 3.8) is 0 Å². The largest absolute Gasteiger partial charge is 0.400 e. The molecular formula is C12H16N2O4S. The standard InChI is InChI=1S/C11H12N2O3S.CH4O/c1-2-7-5-13(11(15)12-10(7)17)9-4-3-8(6-14)16-9;1-2/h1,5,8-9,14H,3-4,6H2,(H,12,15,17);2H,1H3. The Morgan fingerprint density at radius 2 is 2.32 bits per heavy atom. The molecule has 1 fully saturated rings. The van der Waals surface area contributed by atoms with Crippen LogP contribution in [-0.2, 0) is 4.74 Å². The second-order valence-corrected chi connectivity index (χ2v) is 4.23. The second-order valence-electron chi connectivity index (χ2n) is 3.83. The lowest BCUT2D eigenvalue weighted by Gasteiger charge is -2.15. The van der Waals surface area contributed by atoms with Crippen LogP contribution in [0.2, 0.25) is 0 Å². The average molecular weight is 284 g/mol. The van der Waals surface area contributed by atoms with Gasteiger partial charge in [0, 0.05) is 13.3 Å². The molecule has 0 saturated carbocycles. The number of nitrogens with one attached hydrogen (secondary N) is 1. The third kappa shape index (κ3) is 3.52. The van der Waals surface area contributed by atoms with E-state index >= 15 is 0 Å². The Labute approximate surface area is 115 Å². The highest BCUT2D eigenvalue weighted by Gasteiger charge is 2.26. The molecule has 104 valence electrons. The molecule has 2 heterocycles. The van der Waals surface area contributed by atoms with E-state index in [2.05, 4.69) is 10.9 Å². The van der Waals surface area contributed by atoms with Crippen molar-refractivity contribution in [3.8, 4) is 12.3 Å². The van der Waals surface area contributed by atoms with Crippen LogP contribution < -0.4 is 5.69 Å². The van der Waals surface area contributed by atoms with E-state index in [4.69, 9.17) is 33.6 Å². The predicted molar refractivity (Wildman–Crippen MR) is 72.2 cm³/mol. The van der Waals surface area contributed by atoms with Gasteiger partial charge in [-0.1, -0.05) is 18.1 Å². The van der Waals surface area contributed by atoms with E-state index in [9.17, 15) is 4.79 Å². The molecule has 1 aromatic heterocycles. The van der Waals surface area contributed by atoms with Crippen molar-refractivity contribution in [1.82, 2.24) is 9.55 Å². The van der Waals surface area contributed by atoms with Gasteiger partial charge in [-0.15, -0.1) is 6.42 Å². The van der Waals surface area contributed by atoms with Crippen LogP contribution in [0.3, 0.4) is 0 Å². The maximum absolute atomic E-state index is 11.7. The molecule has 3 N–H and O–H groups in total. The van der Waals surface area contributed by atoms with Gasteiger partial charge in [-0.05, 0) is 12.8 Å². The lowest BCUT2D eigenvalue weighted by Crippen LogP contribution is -2.28. The molecule has 2 rings (SSSR count). The van der Waals surface area contributed by atoms with Gasteiger partial charge in [0.05, 0.1) is 18.3 Å². The van der Waals surface area contributed by atoms with Crippen LogP contribution >= 0.6 is 12.2 Å². The Morgan fingerprint density at radius 1 is 1.63 bits per heavy atom. The third-order valence-corrected chi connectivity index (χ3v) is 3.04. The molecule has 1 saturated heterocycles. The molecule has 1 aliphatic heterocycles. The molecule has 1 aromatic rings. The van der Waals surface area contributed by atoms with Gasteiger partial charge in [-0.2, -0.15) is 0 Å². The van der Waals surface area contributed by atoms with Crippen molar-refractivity contribution in [2.75, 3.05) is 13.7 Å². The predicted octanol–water partition coefficient (Wildman–Crippen LogP) is 0.166. The zero-order valence-electron chi connectivity index (χ0n) is 10.5. The van der Waals surface area contributed by atoms with E-state index in [-0.39, 0.29) is 23.0 Å². The Morgan fingerprint density at radius 3 is 2.84 bits per heavy atom. The lowest BCUT2D eigenvalue weighted by molar-refractivity contribution is -0.0246. The Balaban J connectivity index is 0.000000861. The summed E-state index contributed by atoms with van der Waals surface area (Å²) in [6.07, 6.45) is 7.58. The zero-order valence-corrected chi connectivity index (χ0v) is 11.3. The first-order chi connectivity index (χ1) is 9.15. The van der Waals surface area contributed by atoms with Crippen LogP contribution in [0.4, 0.5) is 0 Å². The number of aliphatic hydroxyl groups is 2. The number of aliphatic hydroxyl groups excluding tert-OH is 2. The number of nitrogens with zero attached hydrogens (tertiary/aromatic N) is 1. The van der Waals surface area contributed by atoms with E-state index in [1.165, 1.54) is 10.8 Å². The second kappa shape index (κ2) is 7.21. The molecule has 0 spiro atoms. The summed E-state index contributed by atoms with van der Waals surface area (Å²) < 4.78 is 7.15. The molecule has 0 aliphatic carbocycles. The van der Waals surface area contributed by atoms with E-state index < -0.39 is 6.23 Å². The van der Waals surface area contributed by atoms with Gasteiger partial charge >= 0.3 is 5.69 Å². The number of hydrogen-bond donors (Lipinski definition) is 3. The lowest BCUT2D eigenvalue weighted by atomic mass is 10.2. The Kier molecular flexibility index (Phi) is 5.92. The highest BCUT2D eigenvalue weighted by Crippen LogP contribution is 2.26. The van der Waals surface area contributed by atoms with Crippen molar-refractivity contribution in [2.45, 2.75) is 25.2 Å². The van der Waals surface area contributed by atoms with Gasteiger partial charge in [-0.3, -0.25) is 9.55 Å². The van der Waals surface area contributed by atoms with Crippen molar-refractivity contribution in [3.05, 3.63) is 26.9 Å². The highest BCUT2D eigenvalue weighted by molar-refractivity contribution is 7.71. The summed E-state index contributed by atoms with van der Waals surface area (Å²) >= 11 is 4.93. The summed E-state index contributed by atoms with van der Waals surface area (Å²) in [7, 11) is 1.00. The molecule has 2 atom stereocenters. The number of H-pyrrole nitrogens is 1. The normalized spacial score (nSPS) is 21.4. The Hall–Kier alpha value is -1.46. The SMILES string of the molecule is C#Cc1cn(C2CCC(CO)O2)c(=O)[nH]c1=S.CO. The summed E-state index contributed by atoms with van der Waals surface area (Å²) in [4.78, 5) is 14.2. The fourth-order valence-corrected chi connectivity index (χ4v) is 2.03. The summed E-state index contributed by atoms with van der Waals surface area (Å²) in [5.74, 6) is 2.41. The van der Waals surface area contributed by atoms with Crippen molar-refractivity contribution in [1.29, 1.82) is 0 Å². The maximum atomic E-state index is 11.7. The van der Waals surface area contributed by atoms with Crippen LogP contribution in [0.1, 0.15) is 24.6 Å². The van der Waals surface area contributed by atoms with E-state index in [0.29, 0.717) is 18.4 Å². The first kappa shape index (κ1) is 15.6. The Bertz CT molecular complexity index is 572. The number of terminal acetylenes is 1. The van der Waals surface area contributed by atoms with Crippen LogP contribution in [-0.4, -0.2) is 39.6 Å². The fraction of sp³-hybridized carbons (Fsp3) is 0.500. The average Bonchev–Trinajstić information content (AvgIpc) is 2.90. The molecule has 0 bridgehead atoms. The van der Waals surface area contributed by atoms with Gasteiger partial charge in [0.1, 0.15) is 10.9 Å². The van der Waals surface area contributed by atoms with Gasteiger partial charge in [0.25, 0.3) is 0 Å². The van der Waals surface area contributed by atoms with Crippen molar-refractivity contribution < 1.29 is 14.9 Å². The number of ether oxygens (including phenoxy) is 1. The van der Waals surface area contributed by atoms with Crippen LogP contribution in [0, 0.1) is 17.0 Å². The molecule has 7 heteroatoms. The van der Waals surface area contributed by atoms with E-state index in [1.807, 2.05) is 0 Å². The molecule has 2 unspecified atom stereocenters. The third-order valence-electron chi connectivity index (χ3n) is 2.72. The summed E-state index contributed by atoms with van der Waals surface area (Å²) in [5, 5.41) is 16.0. The molecule has 0 amide bonds. The minimum absolute atomic E-state index is 0.0456. The quantitative estimate of drug-likeness (QED) is 0.532. The minimum Gasteiger partial charge on any atom is -0.400 e. The monoisotopic (exact) mass is 284 g/mol. The van der Waals surface area contributed by atoms with Gasteiger partial charge in [-0.25, -0.2) is 4.79 Å². The number of hydrogen-bond acceptors (Lipinski definition) is 5. The van der Waals surface area contributed by atoms with Gasteiger partial charge in [0.2, 0.25) is 0 Å². The molecular weight excluding hydrogens is 268 g/mol. The molecule has 6 nitrogen and oxygen atoms in total. The number of rotatable bonds is 2. The van der Waals surface area contributed by atoms with Crippen LogP contribution in [0.25, 0.3) is 0 Å². The van der Waals surface area contributed by atoms with Crippen LogP contribution in [0.5, 0.6) is 0 Å². The first-order valence-electron chi connectivity index (χ1n) is 5.69. The highest BCUT2D eigenvalue weighted by atomic mass is 32.1. The summed E-state index contributed by atoms with van der Waals surface area (Å²) in [6.45, 7) is -0.0456. The summed E-state index contributed by atoms with van der Waals surface area (Å²) in [6, 6.07) is 0. The van der Waals surface area contributed by atoms with E-state index in [0.717, 1.165) is 7.11 Å². The van der Waals surface area contributed by atoms with Gasteiger partial charge < -0.3 is 14.9 Å². The molecule has 1 aliphatic rings. The van der Waals surface area contributed by atoms with E-state index in [1.54, 1.807) is 0 Å². The number of aromatic amines is 1. The first-order valence-corrected chi connectivity index (χ1v) is 6.09. The zero-order chi connectivity index (χ0) is 14.4. The van der Waals surface area contributed by atoms with Crippen molar-refractivity contribution in [2.24, 2.45) is 0 Å². The summed E-state index contributed by atoms with van der Waals surface area (Å²) in [5.41, 5.74) is 0.105. The molecule has 0 radical (unpaired) electrons. The van der Waals surface area contributed by atoms with Crippen molar-refractivity contribution >= 4 is 12.2 Å². The minimum atomic E-state index is -0.390. The number of aromatic nitrogens is 2. The maximum Gasteiger partial charge on any atom is 0.328 e. The topological polar surface area (TPSA) is 87.5 Å². The smallest absolute Gasteiger partial charge is 0.328 e. The van der Waals surface area contributed by atoms with Gasteiger partial charge in [0.15, 0.2) is 0 Å². The molecule has 0 aromatic carbocycles. The fourth-order valence-electron chi connectivity index (χ4n) is 1.83.